The first-order valence-electron chi connectivity index (χ1n) is 11.7. The third-order valence-corrected chi connectivity index (χ3v) is 6.76. The molecule has 5 rings (SSSR count). The summed E-state index contributed by atoms with van der Waals surface area (Å²) < 4.78 is 3.98. The van der Waals surface area contributed by atoms with Gasteiger partial charge in [0.05, 0.1) is 11.1 Å². The number of carbonyl (C=O) groups is 1. The van der Waals surface area contributed by atoms with E-state index < -0.39 is 0 Å². The van der Waals surface area contributed by atoms with Gasteiger partial charge in [-0.25, -0.2) is 14.5 Å². The molecule has 1 aliphatic carbocycles. The molecule has 0 aromatic carbocycles. The fraction of sp³-hybridized carbons (Fsp3) is 0.458. The lowest BCUT2D eigenvalue weighted by atomic mass is 9.66. The predicted molar refractivity (Wildman–Crippen MR) is 133 cm³/mol. The summed E-state index contributed by atoms with van der Waals surface area (Å²) in [4.78, 5) is 26.4. The summed E-state index contributed by atoms with van der Waals surface area (Å²) >= 11 is 0. The van der Waals surface area contributed by atoms with E-state index in [9.17, 15) is 4.79 Å². The van der Waals surface area contributed by atoms with Crippen LogP contribution in [0.3, 0.4) is 0 Å². The van der Waals surface area contributed by atoms with Gasteiger partial charge in [-0.2, -0.15) is 4.98 Å². The monoisotopic (exact) mass is 461 g/mol. The Balaban J connectivity index is 1.49. The Hall–Kier alpha value is -3.69. The van der Waals surface area contributed by atoms with Crippen molar-refractivity contribution in [3.05, 3.63) is 30.2 Å². The van der Waals surface area contributed by atoms with Crippen LogP contribution in [0, 0.1) is 12.3 Å². The van der Waals surface area contributed by atoms with E-state index in [1.807, 2.05) is 49.8 Å². The van der Waals surface area contributed by atoms with E-state index >= 15 is 0 Å². The zero-order valence-corrected chi connectivity index (χ0v) is 20.5. The summed E-state index contributed by atoms with van der Waals surface area (Å²) in [6.07, 6.45) is 3.41. The molecule has 0 bridgehead atoms. The molecule has 4 aromatic rings. The van der Waals surface area contributed by atoms with Crippen molar-refractivity contribution >= 4 is 34.4 Å². The minimum atomic E-state index is -0.339. The van der Waals surface area contributed by atoms with Gasteiger partial charge in [-0.1, -0.05) is 6.92 Å². The second kappa shape index (κ2) is 7.96. The third kappa shape index (κ3) is 3.44. The summed E-state index contributed by atoms with van der Waals surface area (Å²) in [5.41, 5.74) is 4.07. The maximum absolute atomic E-state index is 12.1. The molecule has 0 unspecified atom stereocenters. The van der Waals surface area contributed by atoms with E-state index in [-0.39, 0.29) is 23.4 Å². The lowest BCUT2D eigenvalue weighted by Gasteiger charge is -2.43. The molecule has 10 heteroatoms. The van der Waals surface area contributed by atoms with Crippen LogP contribution in [-0.4, -0.2) is 55.2 Å². The minimum absolute atomic E-state index is 0.0753. The van der Waals surface area contributed by atoms with Crippen LogP contribution in [0.15, 0.2) is 24.4 Å². The number of amides is 1. The number of pyridine rings is 1. The van der Waals surface area contributed by atoms with Gasteiger partial charge in [0, 0.05) is 37.9 Å². The lowest BCUT2D eigenvalue weighted by molar-refractivity contribution is -0.134. The average molecular weight is 462 g/mol. The van der Waals surface area contributed by atoms with Crippen LogP contribution in [0.4, 0.5) is 11.8 Å². The first-order valence-corrected chi connectivity index (χ1v) is 11.7. The second-order valence-corrected chi connectivity index (χ2v) is 9.61. The van der Waals surface area contributed by atoms with Crippen molar-refractivity contribution in [3.63, 3.8) is 0 Å². The van der Waals surface area contributed by atoms with Crippen molar-refractivity contribution in [1.29, 1.82) is 0 Å². The zero-order valence-electron chi connectivity index (χ0n) is 20.5. The summed E-state index contributed by atoms with van der Waals surface area (Å²) in [7, 11) is 3.53. The van der Waals surface area contributed by atoms with Gasteiger partial charge < -0.3 is 20.5 Å². The van der Waals surface area contributed by atoms with Gasteiger partial charge in [0.1, 0.15) is 16.9 Å². The molecule has 4 aromatic heterocycles. The molecule has 10 nitrogen and oxygen atoms in total. The summed E-state index contributed by atoms with van der Waals surface area (Å²) in [6.45, 7) is 8.27. The van der Waals surface area contributed by atoms with Gasteiger partial charge in [0.2, 0.25) is 11.9 Å². The number of carbonyl (C=O) groups excluding carboxylic acids is 1. The molecular formula is C24H31N9O. The topological polar surface area (TPSA) is 114 Å². The highest BCUT2D eigenvalue weighted by Crippen LogP contribution is 2.42. The number of hydrogen-bond donors (Lipinski definition) is 3. The number of nitrogens with one attached hydrogen (secondary N) is 3. The molecule has 0 spiro atoms. The molecule has 1 fully saturated rings. The molecule has 178 valence electrons. The number of fused-ring (bicyclic) bond motifs is 2. The standard InChI is InChI=1S/C24H31N9O/c1-13(2)33-14(3)27-18-8-7-17(29-21(18)33)16-9-10-32-19(16)20(25-5)30-23(31-32)28-15-11-24(4,12-15)22(34)26-6/h7-10,13,15H,11-12H2,1-6H3,(H,26,34)(H2,25,28,30,31). The number of hydrogen-bond acceptors (Lipinski definition) is 7. The SMILES string of the molecule is CNC(=O)C1(C)CC(Nc2nc(NC)c3c(-c4ccc5nc(C)n(C(C)C)c5n4)ccn3n2)C1. The van der Waals surface area contributed by atoms with Crippen LogP contribution >= 0.6 is 0 Å². The highest BCUT2D eigenvalue weighted by atomic mass is 16.2. The maximum atomic E-state index is 12.1. The lowest BCUT2D eigenvalue weighted by Crippen LogP contribution is -2.51. The molecule has 4 heterocycles. The molecule has 0 saturated heterocycles. The molecule has 0 aliphatic heterocycles. The normalized spacial score (nSPS) is 20.0. The Labute approximate surface area is 198 Å². The Kier molecular flexibility index (Phi) is 5.18. The number of aryl methyl sites for hydroxylation is 1. The van der Waals surface area contributed by atoms with Crippen molar-refractivity contribution in [2.24, 2.45) is 5.41 Å². The average Bonchev–Trinajstić information content (AvgIpc) is 3.36. The Morgan fingerprint density at radius 3 is 2.59 bits per heavy atom. The maximum Gasteiger partial charge on any atom is 0.243 e. The van der Waals surface area contributed by atoms with Crippen molar-refractivity contribution in [2.45, 2.75) is 52.6 Å². The first-order chi connectivity index (χ1) is 16.2. The highest BCUT2D eigenvalue weighted by Gasteiger charge is 2.46. The van der Waals surface area contributed by atoms with E-state index in [0.29, 0.717) is 11.8 Å². The molecular weight excluding hydrogens is 430 g/mol. The van der Waals surface area contributed by atoms with Gasteiger partial charge in [-0.3, -0.25) is 4.79 Å². The van der Waals surface area contributed by atoms with Crippen LogP contribution in [0.5, 0.6) is 0 Å². The first kappa shape index (κ1) is 22.1. The van der Waals surface area contributed by atoms with Crippen LogP contribution in [0.2, 0.25) is 0 Å². The Morgan fingerprint density at radius 1 is 1.15 bits per heavy atom. The quantitative estimate of drug-likeness (QED) is 0.403. The minimum Gasteiger partial charge on any atom is -0.371 e. The van der Waals surface area contributed by atoms with Crippen molar-refractivity contribution in [3.8, 4) is 11.3 Å². The van der Waals surface area contributed by atoms with Gasteiger partial charge >= 0.3 is 0 Å². The van der Waals surface area contributed by atoms with E-state index in [4.69, 9.17) is 9.97 Å². The molecule has 1 amide bonds. The van der Waals surface area contributed by atoms with Gasteiger partial charge in [0.15, 0.2) is 11.5 Å². The third-order valence-electron chi connectivity index (χ3n) is 6.76. The summed E-state index contributed by atoms with van der Waals surface area (Å²) in [5.74, 6) is 2.27. The second-order valence-electron chi connectivity index (χ2n) is 9.61. The number of imidazole rings is 1. The predicted octanol–water partition coefficient (Wildman–Crippen LogP) is 3.40. The van der Waals surface area contributed by atoms with E-state index in [2.05, 4.69) is 44.4 Å². The molecule has 0 radical (unpaired) electrons. The van der Waals surface area contributed by atoms with Crippen molar-refractivity contribution < 1.29 is 4.79 Å². The van der Waals surface area contributed by atoms with Crippen LogP contribution in [0.25, 0.3) is 27.9 Å². The van der Waals surface area contributed by atoms with Crippen LogP contribution < -0.4 is 16.0 Å². The number of nitrogens with zero attached hydrogens (tertiary/aromatic N) is 6. The largest absolute Gasteiger partial charge is 0.371 e. The van der Waals surface area contributed by atoms with Crippen molar-refractivity contribution in [1.82, 2.24) is 34.4 Å². The molecule has 1 aliphatic rings. The zero-order chi connectivity index (χ0) is 24.2. The Bertz CT molecular complexity index is 1390. The molecule has 0 atom stereocenters. The fourth-order valence-corrected chi connectivity index (χ4v) is 5.12. The molecule has 3 N–H and O–H groups in total. The van der Waals surface area contributed by atoms with Crippen molar-refractivity contribution in [2.75, 3.05) is 24.7 Å². The van der Waals surface area contributed by atoms with Crippen LogP contribution in [-0.2, 0) is 4.79 Å². The van der Waals surface area contributed by atoms with Gasteiger partial charge in [0.25, 0.3) is 0 Å². The van der Waals surface area contributed by atoms with Gasteiger partial charge in [-0.05, 0) is 51.8 Å². The number of rotatable bonds is 6. The molecule has 1 saturated carbocycles. The van der Waals surface area contributed by atoms with Crippen LogP contribution in [0.1, 0.15) is 45.5 Å². The Morgan fingerprint density at radius 2 is 1.91 bits per heavy atom. The van der Waals surface area contributed by atoms with E-state index in [1.54, 1.807) is 7.05 Å². The highest BCUT2D eigenvalue weighted by molar-refractivity contribution is 5.89. The number of anilines is 2. The smallest absolute Gasteiger partial charge is 0.243 e. The van der Waals surface area contributed by atoms with E-state index in [0.717, 1.165) is 46.6 Å². The summed E-state index contributed by atoms with van der Waals surface area (Å²) in [6, 6.07) is 6.44. The summed E-state index contributed by atoms with van der Waals surface area (Å²) in [5, 5.41) is 14.0. The number of aromatic nitrogens is 6. The molecule has 34 heavy (non-hydrogen) atoms. The van der Waals surface area contributed by atoms with E-state index in [1.165, 1.54) is 0 Å². The fourth-order valence-electron chi connectivity index (χ4n) is 5.12. The van der Waals surface area contributed by atoms with Gasteiger partial charge in [-0.15, -0.1) is 5.10 Å².